The number of fused-ring (bicyclic) bond motifs is 1. The van der Waals surface area contributed by atoms with Gasteiger partial charge in [-0.3, -0.25) is 9.78 Å². The molecule has 0 bridgehead atoms. The van der Waals surface area contributed by atoms with E-state index >= 15 is 0 Å². The van der Waals surface area contributed by atoms with Gasteiger partial charge >= 0.3 is 0 Å². The molecule has 22 heavy (non-hydrogen) atoms. The van der Waals surface area contributed by atoms with Gasteiger partial charge < -0.3 is 9.88 Å². The zero-order valence-corrected chi connectivity index (χ0v) is 12.3. The molecule has 0 radical (unpaired) electrons. The van der Waals surface area contributed by atoms with Gasteiger partial charge in [0.2, 0.25) is 5.91 Å². The van der Waals surface area contributed by atoms with E-state index in [1.54, 1.807) is 18.6 Å². The third-order valence-electron chi connectivity index (χ3n) is 4.53. The van der Waals surface area contributed by atoms with E-state index < -0.39 is 0 Å². The Morgan fingerprint density at radius 3 is 2.82 bits per heavy atom. The van der Waals surface area contributed by atoms with Gasteiger partial charge in [-0.1, -0.05) is 0 Å². The fourth-order valence-electron chi connectivity index (χ4n) is 3.08. The summed E-state index contributed by atoms with van der Waals surface area (Å²) in [6.07, 6.45) is 10.1. The molecule has 2 aliphatic rings. The van der Waals surface area contributed by atoms with E-state index in [4.69, 9.17) is 0 Å². The van der Waals surface area contributed by atoms with Gasteiger partial charge in [0, 0.05) is 25.0 Å². The second kappa shape index (κ2) is 5.47. The molecule has 2 aromatic heterocycles. The fraction of sp³-hybridized carbons (Fsp3) is 0.533. The van der Waals surface area contributed by atoms with Crippen LogP contribution in [0.15, 0.2) is 18.6 Å². The average molecular weight is 298 g/mol. The van der Waals surface area contributed by atoms with Crippen LogP contribution in [-0.2, 0) is 11.3 Å². The van der Waals surface area contributed by atoms with Gasteiger partial charge in [0.1, 0.15) is 11.5 Å². The van der Waals surface area contributed by atoms with Gasteiger partial charge in [0.15, 0.2) is 5.82 Å². The highest BCUT2D eigenvalue weighted by atomic mass is 16.2. The zero-order valence-electron chi connectivity index (χ0n) is 12.3. The first-order valence-corrected chi connectivity index (χ1v) is 7.83. The number of carbonyl (C=O) groups is 1. The lowest BCUT2D eigenvalue weighted by atomic mass is 9.91. The smallest absolute Gasteiger partial charge is 0.231 e. The number of hydrogen-bond acceptors (Lipinski definition) is 5. The quantitative estimate of drug-likeness (QED) is 0.922. The molecule has 7 heteroatoms. The number of rotatable bonds is 3. The van der Waals surface area contributed by atoms with E-state index in [0.29, 0.717) is 17.6 Å². The number of nitrogens with one attached hydrogen (secondary N) is 1. The first-order valence-electron chi connectivity index (χ1n) is 7.83. The summed E-state index contributed by atoms with van der Waals surface area (Å²) in [5, 5.41) is 11.6. The van der Waals surface area contributed by atoms with Crippen molar-refractivity contribution in [1.82, 2.24) is 30.0 Å². The fourth-order valence-corrected chi connectivity index (χ4v) is 3.08. The molecule has 1 aliphatic heterocycles. The molecule has 4 rings (SSSR count). The third kappa shape index (κ3) is 2.26. The van der Waals surface area contributed by atoms with Crippen LogP contribution in [0, 0.1) is 0 Å². The number of hydrogen-bond donors (Lipinski definition) is 1. The number of carbonyl (C=O) groups excluding carboxylic acids is 1. The molecular formula is C15H18N6O. The molecule has 1 aliphatic carbocycles. The average Bonchev–Trinajstić information content (AvgIpc) is 2.95. The van der Waals surface area contributed by atoms with Crippen molar-refractivity contribution in [3.63, 3.8) is 0 Å². The van der Waals surface area contributed by atoms with Crippen molar-refractivity contribution in [2.24, 2.45) is 0 Å². The predicted octanol–water partition coefficient (Wildman–Crippen LogP) is 1.28. The normalized spacial score (nSPS) is 21.0. The third-order valence-corrected chi connectivity index (χ3v) is 4.53. The molecule has 2 aromatic rings. The van der Waals surface area contributed by atoms with Gasteiger partial charge in [-0.05, 0) is 32.1 Å². The Labute approximate surface area is 128 Å². The van der Waals surface area contributed by atoms with Crippen molar-refractivity contribution < 1.29 is 4.79 Å². The highest BCUT2D eigenvalue weighted by molar-refractivity contribution is 5.83. The maximum atomic E-state index is 12.5. The topological polar surface area (TPSA) is 85.6 Å². The van der Waals surface area contributed by atoms with Crippen LogP contribution >= 0.6 is 0 Å². The Bertz CT molecular complexity index is 679. The highest BCUT2D eigenvalue weighted by Gasteiger charge is 2.33. The predicted molar refractivity (Wildman–Crippen MR) is 78.8 cm³/mol. The molecule has 0 saturated heterocycles. The molecular weight excluding hydrogens is 280 g/mol. The Morgan fingerprint density at radius 2 is 2.09 bits per heavy atom. The highest BCUT2D eigenvalue weighted by Crippen LogP contribution is 2.30. The van der Waals surface area contributed by atoms with Crippen molar-refractivity contribution in [2.45, 2.75) is 50.6 Å². The summed E-state index contributed by atoms with van der Waals surface area (Å²) in [5.74, 6) is 1.34. The standard InChI is InChI=1S/C15H18N6O/c22-15(18-10-3-1-4-10)11-5-2-8-21-13(11)19-20-14(21)12-9-16-6-7-17-12/h6-7,9-11H,1-5,8H2,(H,18,22). The summed E-state index contributed by atoms with van der Waals surface area (Å²) < 4.78 is 2.01. The first-order chi connectivity index (χ1) is 10.8. The van der Waals surface area contributed by atoms with Crippen LogP contribution in [0.4, 0.5) is 0 Å². The minimum Gasteiger partial charge on any atom is -0.353 e. The lowest BCUT2D eigenvalue weighted by Crippen LogP contribution is -2.43. The van der Waals surface area contributed by atoms with E-state index in [2.05, 4.69) is 25.5 Å². The molecule has 1 fully saturated rings. The first kappa shape index (κ1) is 13.4. The maximum Gasteiger partial charge on any atom is 0.231 e. The van der Waals surface area contributed by atoms with Crippen molar-refractivity contribution in [1.29, 1.82) is 0 Å². The lowest BCUT2D eigenvalue weighted by Gasteiger charge is -2.29. The van der Waals surface area contributed by atoms with Crippen LogP contribution < -0.4 is 5.32 Å². The molecule has 0 spiro atoms. The molecule has 1 unspecified atom stereocenters. The van der Waals surface area contributed by atoms with Gasteiger partial charge in [-0.25, -0.2) is 4.98 Å². The zero-order chi connectivity index (χ0) is 14.9. The maximum absolute atomic E-state index is 12.5. The Morgan fingerprint density at radius 1 is 1.18 bits per heavy atom. The van der Waals surface area contributed by atoms with E-state index in [1.165, 1.54) is 6.42 Å². The van der Waals surface area contributed by atoms with Crippen molar-refractivity contribution in [2.75, 3.05) is 0 Å². The van der Waals surface area contributed by atoms with E-state index in [0.717, 1.165) is 38.1 Å². The SMILES string of the molecule is O=C(NC1CCC1)C1CCCn2c(-c3cnccn3)nnc21. The van der Waals surface area contributed by atoms with Crippen LogP contribution in [0.3, 0.4) is 0 Å². The Kier molecular flexibility index (Phi) is 3.32. The second-order valence-electron chi connectivity index (χ2n) is 5.96. The van der Waals surface area contributed by atoms with Crippen molar-refractivity contribution in [3.8, 4) is 11.5 Å². The molecule has 1 amide bonds. The Balaban J connectivity index is 1.62. The molecule has 1 atom stereocenters. The molecule has 1 saturated carbocycles. The van der Waals surface area contributed by atoms with E-state index in [9.17, 15) is 4.79 Å². The van der Waals surface area contributed by atoms with Gasteiger partial charge in [0.05, 0.1) is 12.1 Å². The van der Waals surface area contributed by atoms with Crippen LogP contribution in [0.2, 0.25) is 0 Å². The summed E-state index contributed by atoms with van der Waals surface area (Å²) in [4.78, 5) is 20.9. The van der Waals surface area contributed by atoms with E-state index in [1.807, 2.05) is 4.57 Å². The van der Waals surface area contributed by atoms with E-state index in [-0.39, 0.29) is 11.8 Å². The van der Waals surface area contributed by atoms with Crippen molar-refractivity contribution >= 4 is 5.91 Å². The lowest BCUT2D eigenvalue weighted by molar-refractivity contribution is -0.124. The minimum atomic E-state index is -0.202. The van der Waals surface area contributed by atoms with Crippen LogP contribution in [-0.4, -0.2) is 36.7 Å². The number of aromatic nitrogens is 5. The van der Waals surface area contributed by atoms with Crippen LogP contribution in [0.5, 0.6) is 0 Å². The molecule has 0 aromatic carbocycles. The second-order valence-corrected chi connectivity index (χ2v) is 5.96. The number of nitrogens with zero attached hydrogens (tertiary/aromatic N) is 5. The summed E-state index contributed by atoms with van der Waals surface area (Å²) >= 11 is 0. The summed E-state index contributed by atoms with van der Waals surface area (Å²) in [5.41, 5.74) is 0.696. The van der Waals surface area contributed by atoms with Gasteiger partial charge in [-0.15, -0.1) is 10.2 Å². The van der Waals surface area contributed by atoms with Crippen LogP contribution in [0.1, 0.15) is 43.8 Å². The summed E-state index contributed by atoms with van der Waals surface area (Å²) in [7, 11) is 0. The summed E-state index contributed by atoms with van der Waals surface area (Å²) in [6.45, 7) is 0.821. The molecule has 7 nitrogen and oxygen atoms in total. The molecule has 3 heterocycles. The van der Waals surface area contributed by atoms with Crippen molar-refractivity contribution in [3.05, 3.63) is 24.4 Å². The Hall–Kier alpha value is -2.31. The molecule has 1 N–H and O–H groups in total. The van der Waals surface area contributed by atoms with Gasteiger partial charge in [-0.2, -0.15) is 0 Å². The molecule has 114 valence electrons. The minimum absolute atomic E-state index is 0.0868. The van der Waals surface area contributed by atoms with Gasteiger partial charge in [0.25, 0.3) is 0 Å². The van der Waals surface area contributed by atoms with Crippen LogP contribution in [0.25, 0.3) is 11.5 Å². The summed E-state index contributed by atoms with van der Waals surface area (Å²) in [6, 6.07) is 0.352. The largest absolute Gasteiger partial charge is 0.353 e. The monoisotopic (exact) mass is 298 g/mol. The number of amides is 1.